The summed E-state index contributed by atoms with van der Waals surface area (Å²) in [6, 6.07) is 14.9. The van der Waals surface area contributed by atoms with Crippen molar-refractivity contribution >= 4 is 23.1 Å². The maximum Gasteiger partial charge on any atom is 0.274 e. The maximum atomic E-state index is 12.7. The van der Waals surface area contributed by atoms with Gasteiger partial charge in [-0.05, 0) is 43.2 Å². The van der Waals surface area contributed by atoms with Crippen LogP contribution in [0.3, 0.4) is 0 Å². The average Bonchev–Trinajstić information content (AvgIpc) is 2.73. The van der Waals surface area contributed by atoms with Gasteiger partial charge in [-0.1, -0.05) is 19.1 Å². The lowest BCUT2D eigenvalue weighted by Crippen LogP contribution is -2.15. The third-order valence-corrected chi connectivity index (χ3v) is 4.35. The van der Waals surface area contributed by atoms with Crippen molar-refractivity contribution in [2.45, 2.75) is 20.3 Å². The van der Waals surface area contributed by atoms with E-state index in [4.69, 9.17) is 9.47 Å². The van der Waals surface area contributed by atoms with Gasteiger partial charge in [0.25, 0.3) is 5.91 Å². The average molecular weight is 392 g/mol. The Morgan fingerprint density at radius 3 is 2.28 bits per heavy atom. The fourth-order valence-corrected chi connectivity index (χ4v) is 2.83. The topological polar surface area (TPSA) is 85.4 Å². The van der Waals surface area contributed by atoms with E-state index in [0.717, 1.165) is 12.1 Å². The number of nitrogens with zero attached hydrogens (tertiary/aromatic N) is 2. The van der Waals surface area contributed by atoms with Crippen molar-refractivity contribution in [1.29, 1.82) is 0 Å². The molecule has 2 N–H and O–H groups in total. The molecular formula is C22H24N4O3. The molecule has 29 heavy (non-hydrogen) atoms. The van der Waals surface area contributed by atoms with Crippen molar-refractivity contribution in [1.82, 2.24) is 9.97 Å². The summed E-state index contributed by atoms with van der Waals surface area (Å²) in [5.41, 5.74) is 2.99. The lowest BCUT2D eigenvalue weighted by atomic mass is 10.1. The molecule has 0 saturated carbocycles. The summed E-state index contributed by atoms with van der Waals surface area (Å²) in [4.78, 5) is 21.3. The minimum Gasteiger partial charge on any atom is -0.493 e. The quantitative estimate of drug-likeness (QED) is 0.621. The minimum atomic E-state index is -0.341. The zero-order valence-electron chi connectivity index (χ0n) is 16.9. The molecule has 0 aliphatic carbocycles. The molecule has 0 bridgehead atoms. The first-order valence-corrected chi connectivity index (χ1v) is 9.27. The fraction of sp³-hybridized carbons (Fsp3) is 0.227. The molecule has 7 nitrogen and oxygen atoms in total. The number of benzene rings is 2. The number of carbonyl (C=O) groups is 1. The molecule has 0 unspecified atom stereocenters. The first-order chi connectivity index (χ1) is 14.0. The normalized spacial score (nSPS) is 10.3. The van der Waals surface area contributed by atoms with Crippen molar-refractivity contribution < 1.29 is 14.3 Å². The number of hydrogen-bond donors (Lipinski definition) is 2. The summed E-state index contributed by atoms with van der Waals surface area (Å²) in [5.74, 6) is 1.83. The molecule has 0 radical (unpaired) electrons. The van der Waals surface area contributed by atoms with Gasteiger partial charge in [0.05, 0.1) is 14.2 Å². The SMILES string of the molecule is CCc1ccc(Nc2cc(C(=O)Nc3ccc(OC)c(OC)c3)nc(C)n2)cc1. The van der Waals surface area contributed by atoms with Crippen LogP contribution in [0, 0.1) is 6.92 Å². The van der Waals surface area contributed by atoms with Gasteiger partial charge in [-0.3, -0.25) is 4.79 Å². The molecule has 7 heteroatoms. The molecule has 0 saturated heterocycles. The van der Waals surface area contributed by atoms with Crippen molar-refractivity contribution in [3.63, 3.8) is 0 Å². The number of carbonyl (C=O) groups excluding carboxylic acids is 1. The van der Waals surface area contributed by atoms with E-state index in [1.165, 1.54) is 5.56 Å². The van der Waals surface area contributed by atoms with Crippen molar-refractivity contribution in [3.8, 4) is 11.5 Å². The van der Waals surface area contributed by atoms with Crippen LogP contribution in [0.1, 0.15) is 28.8 Å². The van der Waals surface area contributed by atoms with Gasteiger partial charge in [0, 0.05) is 23.5 Å². The summed E-state index contributed by atoms with van der Waals surface area (Å²) in [7, 11) is 3.10. The number of anilines is 3. The number of ether oxygens (including phenoxy) is 2. The Bertz CT molecular complexity index is 1000. The second kappa shape index (κ2) is 9.05. The molecule has 150 valence electrons. The number of hydrogen-bond acceptors (Lipinski definition) is 6. The first kappa shape index (κ1) is 20.1. The van der Waals surface area contributed by atoms with Gasteiger partial charge in [0.15, 0.2) is 11.5 Å². The second-order valence-corrected chi connectivity index (χ2v) is 6.39. The molecule has 0 spiro atoms. The molecule has 1 heterocycles. The number of amides is 1. The van der Waals surface area contributed by atoms with Crippen LogP contribution in [0.15, 0.2) is 48.5 Å². The molecule has 0 aliphatic rings. The molecular weight excluding hydrogens is 368 g/mol. The fourth-order valence-electron chi connectivity index (χ4n) is 2.83. The van der Waals surface area contributed by atoms with Gasteiger partial charge >= 0.3 is 0 Å². The van der Waals surface area contributed by atoms with Gasteiger partial charge in [-0.2, -0.15) is 0 Å². The number of aryl methyl sites for hydroxylation is 2. The van der Waals surface area contributed by atoms with E-state index < -0.39 is 0 Å². The van der Waals surface area contributed by atoms with Crippen LogP contribution in [-0.2, 0) is 6.42 Å². The highest BCUT2D eigenvalue weighted by Crippen LogP contribution is 2.30. The van der Waals surface area contributed by atoms with Crippen LogP contribution in [-0.4, -0.2) is 30.1 Å². The zero-order valence-corrected chi connectivity index (χ0v) is 16.9. The van der Waals surface area contributed by atoms with Gasteiger partial charge in [0.2, 0.25) is 0 Å². The lowest BCUT2D eigenvalue weighted by Gasteiger charge is -2.11. The number of methoxy groups -OCH3 is 2. The predicted molar refractivity (Wildman–Crippen MR) is 113 cm³/mol. The number of rotatable bonds is 7. The van der Waals surface area contributed by atoms with E-state index in [1.807, 2.05) is 12.1 Å². The summed E-state index contributed by atoms with van der Waals surface area (Å²) in [5, 5.41) is 6.05. The standard InChI is InChI=1S/C22H24N4O3/c1-5-15-6-8-16(9-7-15)25-21-13-18(23-14(2)24-21)22(27)26-17-10-11-19(28-3)20(12-17)29-4/h6-13H,5H2,1-4H3,(H,26,27)(H,23,24,25). The van der Waals surface area contributed by atoms with Crippen LogP contribution >= 0.6 is 0 Å². The Kier molecular flexibility index (Phi) is 6.29. The monoisotopic (exact) mass is 392 g/mol. The van der Waals surface area contributed by atoms with Crippen molar-refractivity contribution in [2.24, 2.45) is 0 Å². The summed E-state index contributed by atoms with van der Waals surface area (Å²) in [6.45, 7) is 3.86. The highest BCUT2D eigenvalue weighted by atomic mass is 16.5. The minimum absolute atomic E-state index is 0.264. The molecule has 3 aromatic rings. The van der Waals surface area contributed by atoms with Crippen molar-refractivity contribution in [3.05, 3.63) is 65.6 Å². The maximum absolute atomic E-state index is 12.7. The molecule has 0 fully saturated rings. The molecule has 2 aromatic carbocycles. The Labute approximate surface area is 170 Å². The van der Waals surface area contributed by atoms with E-state index >= 15 is 0 Å². The van der Waals surface area contributed by atoms with Gasteiger partial charge in [-0.15, -0.1) is 0 Å². The molecule has 1 aromatic heterocycles. The molecule has 0 atom stereocenters. The lowest BCUT2D eigenvalue weighted by molar-refractivity contribution is 0.102. The van der Waals surface area contributed by atoms with E-state index in [9.17, 15) is 4.79 Å². The van der Waals surface area contributed by atoms with E-state index in [1.54, 1.807) is 45.4 Å². The first-order valence-electron chi connectivity index (χ1n) is 9.27. The van der Waals surface area contributed by atoms with Crippen LogP contribution in [0.25, 0.3) is 0 Å². The van der Waals surface area contributed by atoms with Crippen LogP contribution < -0.4 is 20.1 Å². The van der Waals surface area contributed by atoms with E-state index in [0.29, 0.717) is 28.8 Å². The number of nitrogens with one attached hydrogen (secondary N) is 2. The molecule has 3 rings (SSSR count). The van der Waals surface area contributed by atoms with Gasteiger partial charge in [0.1, 0.15) is 17.3 Å². The Balaban J connectivity index is 1.78. The Morgan fingerprint density at radius 1 is 0.931 bits per heavy atom. The zero-order chi connectivity index (χ0) is 20.8. The number of aromatic nitrogens is 2. The summed E-state index contributed by atoms with van der Waals surface area (Å²) in [6.07, 6.45) is 0.980. The van der Waals surface area contributed by atoms with Crippen LogP contribution in [0.5, 0.6) is 11.5 Å². The van der Waals surface area contributed by atoms with Gasteiger partial charge < -0.3 is 20.1 Å². The third-order valence-electron chi connectivity index (χ3n) is 4.35. The third kappa shape index (κ3) is 5.01. The largest absolute Gasteiger partial charge is 0.493 e. The van der Waals surface area contributed by atoms with Crippen LogP contribution in [0.4, 0.5) is 17.2 Å². The van der Waals surface area contributed by atoms with Crippen LogP contribution in [0.2, 0.25) is 0 Å². The molecule has 1 amide bonds. The summed E-state index contributed by atoms with van der Waals surface area (Å²) < 4.78 is 10.5. The Morgan fingerprint density at radius 2 is 1.62 bits per heavy atom. The highest BCUT2D eigenvalue weighted by Gasteiger charge is 2.13. The molecule has 0 aliphatic heterocycles. The van der Waals surface area contributed by atoms with Crippen molar-refractivity contribution in [2.75, 3.05) is 24.9 Å². The summed E-state index contributed by atoms with van der Waals surface area (Å²) >= 11 is 0. The second-order valence-electron chi connectivity index (χ2n) is 6.39. The predicted octanol–water partition coefficient (Wildman–Crippen LogP) is 4.36. The van der Waals surface area contributed by atoms with Gasteiger partial charge in [-0.25, -0.2) is 9.97 Å². The smallest absolute Gasteiger partial charge is 0.274 e. The van der Waals surface area contributed by atoms with E-state index in [2.05, 4.69) is 39.7 Å². The highest BCUT2D eigenvalue weighted by molar-refractivity contribution is 6.03. The Hall–Kier alpha value is -3.61. The van der Waals surface area contributed by atoms with E-state index in [-0.39, 0.29) is 11.6 Å².